The van der Waals surface area contributed by atoms with E-state index in [0.29, 0.717) is 6.42 Å². The normalized spacial score (nSPS) is 14.6. The average Bonchev–Trinajstić information content (AvgIpc) is 2.20. The molecule has 0 aliphatic heterocycles. The first-order valence-electron chi connectivity index (χ1n) is 5.45. The van der Waals surface area contributed by atoms with E-state index in [9.17, 15) is 9.18 Å². The summed E-state index contributed by atoms with van der Waals surface area (Å²) in [6.45, 7) is 5.45. The molecule has 0 bridgehead atoms. The predicted octanol–water partition coefficient (Wildman–Crippen LogP) is 2.23. The Morgan fingerprint density at radius 3 is 2.56 bits per heavy atom. The Balaban J connectivity index is 2.77. The van der Waals surface area contributed by atoms with E-state index in [2.05, 4.69) is 0 Å². The fourth-order valence-electron chi connectivity index (χ4n) is 1.50. The van der Waals surface area contributed by atoms with E-state index in [1.807, 2.05) is 20.8 Å². The largest absolute Gasteiger partial charge is 0.327 e. The quantitative estimate of drug-likeness (QED) is 0.850. The number of hydrogen-bond acceptors (Lipinski definition) is 2. The zero-order valence-electron chi connectivity index (χ0n) is 9.96. The molecule has 88 valence electrons. The van der Waals surface area contributed by atoms with Crippen molar-refractivity contribution in [2.75, 3.05) is 0 Å². The van der Waals surface area contributed by atoms with Crippen LogP contribution in [-0.4, -0.2) is 11.8 Å². The topological polar surface area (TPSA) is 43.1 Å². The molecule has 0 saturated heterocycles. The van der Waals surface area contributed by atoms with Gasteiger partial charge in [0.05, 0.1) is 0 Å². The first-order chi connectivity index (χ1) is 7.41. The number of carbonyl (C=O) groups is 1. The van der Waals surface area contributed by atoms with Crippen LogP contribution in [-0.2, 0) is 11.2 Å². The summed E-state index contributed by atoms with van der Waals surface area (Å²) >= 11 is 0. The monoisotopic (exact) mass is 223 g/mol. The zero-order chi connectivity index (χ0) is 12.3. The summed E-state index contributed by atoms with van der Waals surface area (Å²) in [5, 5.41) is 0. The van der Waals surface area contributed by atoms with Crippen molar-refractivity contribution in [3.05, 3.63) is 35.1 Å². The number of hydrogen-bond donors (Lipinski definition) is 1. The second kappa shape index (κ2) is 5.21. The fourth-order valence-corrected chi connectivity index (χ4v) is 1.50. The van der Waals surface area contributed by atoms with Crippen LogP contribution in [0.1, 0.15) is 25.0 Å². The summed E-state index contributed by atoms with van der Waals surface area (Å²) in [5.74, 6) is -0.330. The Morgan fingerprint density at radius 1 is 1.44 bits per heavy atom. The minimum absolute atomic E-state index is 0.102. The van der Waals surface area contributed by atoms with Crippen LogP contribution in [0.5, 0.6) is 0 Å². The van der Waals surface area contributed by atoms with Crippen LogP contribution in [0.3, 0.4) is 0 Å². The smallest absolute Gasteiger partial charge is 0.141 e. The molecule has 0 heterocycles. The van der Waals surface area contributed by atoms with Gasteiger partial charge in [-0.05, 0) is 37.1 Å². The molecule has 1 aromatic rings. The van der Waals surface area contributed by atoms with Crippen molar-refractivity contribution in [1.29, 1.82) is 0 Å². The lowest BCUT2D eigenvalue weighted by atomic mass is 9.93. The number of benzene rings is 1. The van der Waals surface area contributed by atoms with Crippen LogP contribution in [0.2, 0.25) is 0 Å². The third-order valence-electron chi connectivity index (χ3n) is 2.97. The Morgan fingerprint density at radius 2 is 2.06 bits per heavy atom. The highest BCUT2D eigenvalue weighted by atomic mass is 19.1. The van der Waals surface area contributed by atoms with Gasteiger partial charge in [0.15, 0.2) is 0 Å². The Kier molecular flexibility index (Phi) is 4.19. The Bertz CT molecular complexity index is 388. The molecule has 0 fully saturated rings. The number of rotatable bonds is 4. The summed E-state index contributed by atoms with van der Waals surface area (Å²) < 4.78 is 12.9. The summed E-state index contributed by atoms with van der Waals surface area (Å²) in [6, 6.07) is 4.34. The Hall–Kier alpha value is -1.22. The summed E-state index contributed by atoms with van der Waals surface area (Å²) in [7, 11) is 0. The van der Waals surface area contributed by atoms with E-state index in [-0.39, 0.29) is 23.6 Å². The van der Waals surface area contributed by atoms with Gasteiger partial charge in [0.2, 0.25) is 0 Å². The minimum Gasteiger partial charge on any atom is -0.327 e. The fraction of sp³-hybridized carbons (Fsp3) is 0.462. The van der Waals surface area contributed by atoms with E-state index in [0.717, 1.165) is 11.1 Å². The van der Waals surface area contributed by atoms with Gasteiger partial charge in [0.25, 0.3) is 0 Å². The van der Waals surface area contributed by atoms with Crippen LogP contribution >= 0.6 is 0 Å². The molecule has 0 aliphatic carbocycles. The lowest BCUT2D eigenvalue weighted by Gasteiger charge is -2.14. The van der Waals surface area contributed by atoms with Crippen molar-refractivity contribution in [2.24, 2.45) is 11.7 Å². The van der Waals surface area contributed by atoms with Crippen LogP contribution in [0.25, 0.3) is 0 Å². The van der Waals surface area contributed by atoms with Crippen LogP contribution in [0, 0.1) is 18.7 Å². The third-order valence-corrected chi connectivity index (χ3v) is 2.97. The molecule has 0 spiro atoms. The average molecular weight is 223 g/mol. The molecule has 2 N–H and O–H groups in total. The number of nitrogens with two attached hydrogens (primary N) is 1. The first-order valence-corrected chi connectivity index (χ1v) is 5.45. The molecule has 1 aromatic carbocycles. The molecule has 0 aromatic heterocycles. The van der Waals surface area contributed by atoms with Crippen molar-refractivity contribution in [2.45, 2.75) is 33.2 Å². The highest BCUT2D eigenvalue weighted by Gasteiger charge is 2.17. The summed E-state index contributed by atoms with van der Waals surface area (Å²) in [5.41, 5.74) is 7.36. The minimum atomic E-state index is -0.269. The van der Waals surface area contributed by atoms with Crippen molar-refractivity contribution >= 4 is 5.78 Å². The third kappa shape index (κ3) is 3.14. The van der Waals surface area contributed by atoms with Gasteiger partial charge < -0.3 is 5.73 Å². The molecule has 3 heteroatoms. The number of ketones is 1. The lowest BCUT2D eigenvalue weighted by molar-refractivity contribution is -0.122. The van der Waals surface area contributed by atoms with Gasteiger partial charge in [0, 0.05) is 18.4 Å². The summed E-state index contributed by atoms with van der Waals surface area (Å²) in [4.78, 5) is 11.8. The molecule has 0 amide bonds. The van der Waals surface area contributed by atoms with E-state index in [1.54, 1.807) is 6.07 Å². The molecule has 16 heavy (non-hydrogen) atoms. The summed E-state index contributed by atoms with van der Waals surface area (Å²) in [6.07, 6.45) is 0.328. The van der Waals surface area contributed by atoms with Gasteiger partial charge in [-0.15, -0.1) is 0 Å². The standard InChI is InChI=1S/C13H18FNO/c1-8-6-12(14)5-4-11(8)7-13(16)9(2)10(3)15/h4-6,9-10H,7,15H2,1-3H3. The van der Waals surface area contributed by atoms with Crippen LogP contribution in [0.15, 0.2) is 18.2 Å². The van der Waals surface area contributed by atoms with E-state index in [4.69, 9.17) is 5.73 Å². The first kappa shape index (κ1) is 12.8. The number of carbonyl (C=O) groups excluding carboxylic acids is 1. The highest BCUT2D eigenvalue weighted by Crippen LogP contribution is 2.14. The predicted molar refractivity (Wildman–Crippen MR) is 62.7 cm³/mol. The second-order valence-corrected chi connectivity index (χ2v) is 4.36. The maximum Gasteiger partial charge on any atom is 0.141 e. The van der Waals surface area contributed by atoms with Gasteiger partial charge in [-0.2, -0.15) is 0 Å². The van der Waals surface area contributed by atoms with E-state index < -0.39 is 0 Å². The zero-order valence-corrected chi connectivity index (χ0v) is 9.96. The van der Waals surface area contributed by atoms with Gasteiger partial charge in [-0.25, -0.2) is 4.39 Å². The van der Waals surface area contributed by atoms with E-state index >= 15 is 0 Å². The van der Waals surface area contributed by atoms with Crippen molar-refractivity contribution in [1.82, 2.24) is 0 Å². The maximum atomic E-state index is 12.9. The van der Waals surface area contributed by atoms with Gasteiger partial charge in [0.1, 0.15) is 11.6 Å². The molecule has 0 radical (unpaired) electrons. The molecule has 0 aliphatic rings. The Labute approximate surface area is 95.7 Å². The molecule has 2 atom stereocenters. The number of halogens is 1. The molecular formula is C13H18FNO. The molecule has 2 unspecified atom stereocenters. The molecule has 2 nitrogen and oxygen atoms in total. The lowest BCUT2D eigenvalue weighted by Crippen LogP contribution is -2.31. The SMILES string of the molecule is Cc1cc(F)ccc1CC(=O)C(C)C(C)N. The van der Waals surface area contributed by atoms with Crippen LogP contribution in [0.4, 0.5) is 4.39 Å². The molecular weight excluding hydrogens is 205 g/mol. The maximum absolute atomic E-state index is 12.9. The molecule has 1 rings (SSSR count). The number of aryl methyl sites for hydroxylation is 1. The van der Waals surface area contributed by atoms with Gasteiger partial charge in [-0.1, -0.05) is 13.0 Å². The van der Waals surface area contributed by atoms with Gasteiger partial charge in [-0.3, -0.25) is 4.79 Å². The number of Topliss-reactive ketones (excluding diaryl/α,β-unsaturated/α-hetero) is 1. The van der Waals surface area contributed by atoms with Crippen molar-refractivity contribution < 1.29 is 9.18 Å². The highest BCUT2D eigenvalue weighted by molar-refractivity contribution is 5.83. The molecule has 0 saturated carbocycles. The van der Waals surface area contributed by atoms with Crippen LogP contribution < -0.4 is 5.73 Å². The second-order valence-electron chi connectivity index (χ2n) is 4.36. The van der Waals surface area contributed by atoms with E-state index in [1.165, 1.54) is 12.1 Å². The van der Waals surface area contributed by atoms with Crippen molar-refractivity contribution in [3.8, 4) is 0 Å². The van der Waals surface area contributed by atoms with Crippen molar-refractivity contribution in [3.63, 3.8) is 0 Å². The van der Waals surface area contributed by atoms with Gasteiger partial charge >= 0.3 is 0 Å².